The second kappa shape index (κ2) is 4.70. The molecule has 0 unspecified atom stereocenters. The number of primary amides is 1. The summed E-state index contributed by atoms with van der Waals surface area (Å²) in [6.07, 6.45) is 3.31. The van der Waals surface area contributed by atoms with Gasteiger partial charge in [-0.05, 0) is 11.6 Å². The highest BCUT2D eigenvalue weighted by molar-refractivity contribution is 6.05. The van der Waals surface area contributed by atoms with Crippen LogP contribution in [0.3, 0.4) is 0 Å². The van der Waals surface area contributed by atoms with Gasteiger partial charge >= 0.3 is 0 Å². The molecule has 5 nitrogen and oxygen atoms in total. The Bertz CT molecular complexity index is 777. The standard InChI is InChI=1S/C15H14N4O/c16-11-6-12-13(14(17)20)9-19(15(12)18-7-11)8-10-4-2-1-3-5-10/h1-7,9H,8,16H2,(H2,17,20). The Labute approximate surface area is 115 Å². The van der Waals surface area contributed by atoms with Crippen LogP contribution < -0.4 is 11.5 Å². The second-order valence-electron chi connectivity index (χ2n) is 4.66. The molecule has 0 aliphatic heterocycles. The van der Waals surface area contributed by atoms with Crippen LogP contribution in [-0.4, -0.2) is 15.5 Å². The normalized spacial score (nSPS) is 10.8. The van der Waals surface area contributed by atoms with Crippen LogP contribution in [0.15, 0.2) is 48.8 Å². The van der Waals surface area contributed by atoms with E-state index in [4.69, 9.17) is 11.5 Å². The summed E-state index contributed by atoms with van der Waals surface area (Å²) in [6.45, 7) is 0.627. The molecule has 3 aromatic rings. The topological polar surface area (TPSA) is 86.9 Å². The first-order valence-corrected chi connectivity index (χ1v) is 6.23. The van der Waals surface area contributed by atoms with Gasteiger partial charge < -0.3 is 16.0 Å². The number of hydrogen-bond donors (Lipinski definition) is 2. The van der Waals surface area contributed by atoms with E-state index in [1.54, 1.807) is 18.5 Å². The quantitative estimate of drug-likeness (QED) is 0.757. The van der Waals surface area contributed by atoms with Gasteiger partial charge in [-0.3, -0.25) is 4.79 Å². The summed E-state index contributed by atoms with van der Waals surface area (Å²) >= 11 is 0. The van der Waals surface area contributed by atoms with Gasteiger partial charge in [-0.25, -0.2) is 4.98 Å². The molecule has 0 fully saturated rings. The number of aromatic nitrogens is 2. The maximum absolute atomic E-state index is 11.5. The van der Waals surface area contributed by atoms with Crippen molar-refractivity contribution in [2.75, 3.05) is 5.73 Å². The number of nitrogen functional groups attached to an aromatic ring is 1. The van der Waals surface area contributed by atoms with E-state index < -0.39 is 5.91 Å². The lowest BCUT2D eigenvalue weighted by Crippen LogP contribution is -2.10. The third-order valence-electron chi connectivity index (χ3n) is 3.20. The molecule has 1 amide bonds. The number of nitrogens with zero attached hydrogens (tertiary/aromatic N) is 2. The van der Waals surface area contributed by atoms with Crippen LogP contribution in [0.2, 0.25) is 0 Å². The summed E-state index contributed by atoms with van der Waals surface area (Å²) in [5, 5.41) is 0.688. The third kappa shape index (κ3) is 2.09. The number of rotatable bonds is 3. The first-order valence-electron chi connectivity index (χ1n) is 6.23. The first kappa shape index (κ1) is 12.2. The van der Waals surface area contributed by atoms with Crippen molar-refractivity contribution in [1.82, 2.24) is 9.55 Å². The van der Waals surface area contributed by atoms with E-state index in [1.807, 2.05) is 34.9 Å². The fourth-order valence-electron chi connectivity index (χ4n) is 2.28. The molecule has 1 aromatic carbocycles. The zero-order valence-electron chi connectivity index (χ0n) is 10.8. The van der Waals surface area contributed by atoms with Crippen LogP contribution in [0.1, 0.15) is 15.9 Å². The molecule has 0 atom stereocenters. The largest absolute Gasteiger partial charge is 0.397 e. The first-order chi connectivity index (χ1) is 9.65. The van der Waals surface area contributed by atoms with Gasteiger partial charge in [0.05, 0.1) is 17.4 Å². The van der Waals surface area contributed by atoms with Gasteiger partial charge in [0.25, 0.3) is 5.91 Å². The molecule has 100 valence electrons. The monoisotopic (exact) mass is 266 g/mol. The Hall–Kier alpha value is -2.82. The van der Waals surface area contributed by atoms with E-state index in [-0.39, 0.29) is 0 Å². The smallest absolute Gasteiger partial charge is 0.250 e. The molecule has 0 radical (unpaired) electrons. The maximum atomic E-state index is 11.5. The molecule has 3 rings (SSSR count). The van der Waals surface area contributed by atoms with Gasteiger partial charge in [0.2, 0.25) is 0 Å². The van der Waals surface area contributed by atoms with Crippen molar-refractivity contribution in [3.63, 3.8) is 0 Å². The van der Waals surface area contributed by atoms with Gasteiger partial charge in [-0.1, -0.05) is 30.3 Å². The van der Waals surface area contributed by atoms with Crippen LogP contribution in [0, 0.1) is 0 Å². The number of carbonyl (C=O) groups excluding carboxylic acids is 1. The highest BCUT2D eigenvalue weighted by atomic mass is 16.1. The predicted molar refractivity (Wildman–Crippen MR) is 78.2 cm³/mol. The van der Waals surface area contributed by atoms with Crippen molar-refractivity contribution in [3.8, 4) is 0 Å². The van der Waals surface area contributed by atoms with E-state index in [0.29, 0.717) is 28.8 Å². The number of hydrogen-bond acceptors (Lipinski definition) is 3. The molecule has 0 saturated carbocycles. The Kier molecular flexibility index (Phi) is 2.87. The average Bonchev–Trinajstić information content (AvgIpc) is 2.78. The number of fused-ring (bicyclic) bond motifs is 1. The van der Waals surface area contributed by atoms with Crippen LogP contribution in [-0.2, 0) is 6.54 Å². The summed E-state index contributed by atoms with van der Waals surface area (Å²) in [4.78, 5) is 15.8. The van der Waals surface area contributed by atoms with Gasteiger partial charge in [-0.15, -0.1) is 0 Å². The minimum absolute atomic E-state index is 0.440. The van der Waals surface area contributed by atoms with E-state index >= 15 is 0 Å². The highest BCUT2D eigenvalue weighted by Gasteiger charge is 2.14. The molecule has 4 N–H and O–H groups in total. The summed E-state index contributed by atoms with van der Waals surface area (Å²) < 4.78 is 1.91. The van der Waals surface area contributed by atoms with Gasteiger partial charge in [0.1, 0.15) is 5.65 Å². The zero-order chi connectivity index (χ0) is 14.1. The number of carbonyl (C=O) groups is 1. The van der Waals surface area contributed by atoms with Gasteiger partial charge in [0.15, 0.2) is 0 Å². The van der Waals surface area contributed by atoms with E-state index in [9.17, 15) is 4.79 Å². The molecule has 0 spiro atoms. The predicted octanol–water partition coefficient (Wildman–Crippen LogP) is 1.77. The summed E-state index contributed by atoms with van der Waals surface area (Å²) in [6, 6.07) is 11.7. The molecule has 5 heteroatoms. The van der Waals surface area contributed by atoms with Crippen LogP contribution >= 0.6 is 0 Å². The molecule has 0 bridgehead atoms. The number of benzene rings is 1. The van der Waals surface area contributed by atoms with Crippen LogP contribution in [0.5, 0.6) is 0 Å². The summed E-state index contributed by atoms with van der Waals surface area (Å²) in [7, 11) is 0. The molecular formula is C15H14N4O. The van der Waals surface area contributed by atoms with E-state index in [1.165, 1.54) is 0 Å². The summed E-state index contributed by atoms with van der Waals surface area (Å²) in [5.41, 5.74) is 13.9. The molecule has 2 heterocycles. The van der Waals surface area contributed by atoms with Crippen molar-refractivity contribution in [3.05, 3.63) is 59.9 Å². The zero-order valence-corrected chi connectivity index (χ0v) is 10.8. The number of anilines is 1. The average molecular weight is 266 g/mol. The van der Waals surface area contributed by atoms with Crippen LogP contribution in [0.4, 0.5) is 5.69 Å². The number of amides is 1. The van der Waals surface area contributed by atoms with Crippen molar-refractivity contribution in [2.45, 2.75) is 6.54 Å². The fourth-order valence-corrected chi connectivity index (χ4v) is 2.28. The molecule has 0 aliphatic carbocycles. The number of nitrogens with two attached hydrogens (primary N) is 2. The Morgan fingerprint density at radius 3 is 2.70 bits per heavy atom. The lowest BCUT2D eigenvalue weighted by Gasteiger charge is -2.04. The second-order valence-corrected chi connectivity index (χ2v) is 4.66. The molecule has 2 aromatic heterocycles. The van der Waals surface area contributed by atoms with Crippen LogP contribution in [0.25, 0.3) is 11.0 Å². The lowest BCUT2D eigenvalue weighted by atomic mass is 10.2. The minimum Gasteiger partial charge on any atom is -0.397 e. The SMILES string of the molecule is NC(=O)c1cn(Cc2ccccc2)c2ncc(N)cc12. The fraction of sp³-hybridized carbons (Fsp3) is 0.0667. The third-order valence-corrected chi connectivity index (χ3v) is 3.20. The van der Waals surface area contributed by atoms with E-state index in [0.717, 1.165) is 5.56 Å². The Morgan fingerprint density at radius 1 is 1.25 bits per heavy atom. The highest BCUT2D eigenvalue weighted by Crippen LogP contribution is 2.22. The number of pyridine rings is 1. The molecular weight excluding hydrogens is 252 g/mol. The van der Waals surface area contributed by atoms with Crippen molar-refractivity contribution in [2.24, 2.45) is 5.73 Å². The maximum Gasteiger partial charge on any atom is 0.250 e. The molecule has 20 heavy (non-hydrogen) atoms. The van der Waals surface area contributed by atoms with Gasteiger partial charge in [0, 0.05) is 18.1 Å². The van der Waals surface area contributed by atoms with Crippen molar-refractivity contribution < 1.29 is 4.79 Å². The Morgan fingerprint density at radius 2 is 2.00 bits per heavy atom. The Balaban J connectivity index is 2.14. The van der Waals surface area contributed by atoms with Crippen molar-refractivity contribution >= 4 is 22.6 Å². The molecule has 0 saturated heterocycles. The van der Waals surface area contributed by atoms with E-state index in [2.05, 4.69) is 4.98 Å². The summed E-state index contributed by atoms with van der Waals surface area (Å²) in [5.74, 6) is -0.478. The molecule has 0 aliphatic rings. The van der Waals surface area contributed by atoms with Crippen molar-refractivity contribution in [1.29, 1.82) is 0 Å². The van der Waals surface area contributed by atoms with Gasteiger partial charge in [-0.2, -0.15) is 0 Å². The lowest BCUT2D eigenvalue weighted by molar-refractivity contribution is 0.100. The minimum atomic E-state index is -0.478.